The van der Waals surface area contributed by atoms with E-state index in [4.69, 9.17) is 5.11 Å². The number of rotatable bonds is 7. The molecule has 8 heteroatoms. The second-order valence-corrected chi connectivity index (χ2v) is 6.87. The third-order valence-electron chi connectivity index (χ3n) is 5.01. The van der Waals surface area contributed by atoms with Crippen molar-refractivity contribution in [3.8, 4) is 0 Å². The summed E-state index contributed by atoms with van der Waals surface area (Å²) in [5.74, 6) is -1.18. The predicted molar refractivity (Wildman–Crippen MR) is 101 cm³/mol. The summed E-state index contributed by atoms with van der Waals surface area (Å²) in [7, 11) is 0. The smallest absolute Gasteiger partial charge is 0.324 e. The van der Waals surface area contributed by atoms with Crippen LogP contribution in [0.5, 0.6) is 0 Å². The summed E-state index contributed by atoms with van der Waals surface area (Å²) >= 11 is 0. The zero-order chi connectivity index (χ0) is 19.2. The molecule has 0 aliphatic carbocycles. The van der Waals surface area contributed by atoms with Crippen LogP contribution in [-0.2, 0) is 22.4 Å². The second-order valence-electron chi connectivity index (χ2n) is 6.87. The van der Waals surface area contributed by atoms with Gasteiger partial charge in [-0.05, 0) is 49.2 Å². The first-order valence-electron chi connectivity index (χ1n) is 9.42. The van der Waals surface area contributed by atoms with Crippen LogP contribution in [0.2, 0.25) is 0 Å². The monoisotopic (exact) mass is 374 g/mol. The number of fused-ring (bicyclic) bond motifs is 1. The number of carbonyl (C=O) groups is 3. The lowest BCUT2D eigenvalue weighted by atomic mass is 10.0. The van der Waals surface area contributed by atoms with Crippen LogP contribution in [0.4, 0.5) is 10.5 Å². The number of aliphatic carboxylic acids is 1. The number of amides is 3. The number of benzene rings is 1. The fraction of sp³-hybridized carbons (Fsp3) is 0.526. The molecule has 1 aromatic carbocycles. The molecule has 1 fully saturated rings. The van der Waals surface area contributed by atoms with Gasteiger partial charge in [0.1, 0.15) is 0 Å². The van der Waals surface area contributed by atoms with E-state index in [0.29, 0.717) is 19.6 Å². The second kappa shape index (κ2) is 8.85. The first kappa shape index (κ1) is 19.2. The van der Waals surface area contributed by atoms with Crippen LogP contribution in [0.25, 0.3) is 0 Å². The first-order chi connectivity index (χ1) is 13.0. The minimum atomic E-state index is -0.947. The van der Waals surface area contributed by atoms with Crippen molar-refractivity contribution in [2.24, 2.45) is 0 Å². The van der Waals surface area contributed by atoms with Crippen LogP contribution in [0.1, 0.15) is 24.0 Å². The molecule has 146 valence electrons. The molecule has 1 saturated heterocycles. The van der Waals surface area contributed by atoms with E-state index >= 15 is 0 Å². The number of nitrogens with one attached hydrogen (secondary N) is 2. The highest BCUT2D eigenvalue weighted by Crippen LogP contribution is 2.25. The number of hydrogen-bond donors (Lipinski definition) is 3. The number of carbonyl (C=O) groups excluding carboxylic acids is 2. The van der Waals surface area contributed by atoms with Gasteiger partial charge in [-0.1, -0.05) is 6.07 Å². The van der Waals surface area contributed by atoms with Crippen molar-refractivity contribution >= 4 is 23.6 Å². The molecule has 0 radical (unpaired) electrons. The Kier molecular flexibility index (Phi) is 6.28. The molecule has 0 aromatic heterocycles. The fourth-order valence-electron chi connectivity index (χ4n) is 3.49. The summed E-state index contributed by atoms with van der Waals surface area (Å²) in [4.78, 5) is 38.4. The van der Waals surface area contributed by atoms with Crippen molar-refractivity contribution in [3.05, 3.63) is 29.3 Å². The summed E-state index contributed by atoms with van der Waals surface area (Å²) in [6.45, 7) is 3.57. The van der Waals surface area contributed by atoms with Gasteiger partial charge < -0.3 is 20.6 Å². The van der Waals surface area contributed by atoms with Crippen LogP contribution in [0.3, 0.4) is 0 Å². The van der Waals surface area contributed by atoms with Crippen LogP contribution in [0, 0.1) is 0 Å². The largest absolute Gasteiger partial charge is 0.481 e. The van der Waals surface area contributed by atoms with Gasteiger partial charge in [-0.15, -0.1) is 0 Å². The van der Waals surface area contributed by atoms with Gasteiger partial charge in [0.15, 0.2) is 0 Å². The van der Waals surface area contributed by atoms with E-state index in [1.165, 1.54) is 11.1 Å². The molecule has 3 N–H and O–H groups in total. The molecule has 0 saturated carbocycles. The third-order valence-corrected chi connectivity index (χ3v) is 5.01. The SMILES string of the molecule is O=C(O)CCNC(=O)CCN1CCN(c2ccc3c(c2)CCNCC3)C1=O. The van der Waals surface area contributed by atoms with Crippen LogP contribution < -0.4 is 15.5 Å². The predicted octanol–water partition coefficient (Wildman–Crippen LogP) is 0.598. The molecule has 2 aliphatic heterocycles. The van der Waals surface area contributed by atoms with E-state index in [9.17, 15) is 14.4 Å². The normalized spacial score (nSPS) is 16.8. The van der Waals surface area contributed by atoms with Crippen molar-refractivity contribution in [2.75, 3.05) is 44.2 Å². The lowest BCUT2D eigenvalue weighted by Crippen LogP contribution is -2.35. The van der Waals surface area contributed by atoms with Crippen molar-refractivity contribution < 1.29 is 19.5 Å². The molecule has 2 heterocycles. The van der Waals surface area contributed by atoms with Gasteiger partial charge in [0, 0.05) is 38.3 Å². The summed E-state index contributed by atoms with van der Waals surface area (Å²) in [5, 5.41) is 14.5. The van der Waals surface area contributed by atoms with Crippen molar-refractivity contribution in [2.45, 2.75) is 25.7 Å². The molecule has 8 nitrogen and oxygen atoms in total. The van der Waals surface area contributed by atoms with Gasteiger partial charge in [-0.2, -0.15) is 0 Å². The highest BCUT2D eigenvalue weighted by atomic mass is 16.4. The van der Waals surface area contributed by atoms with E-state index in [-0.39, 0.29) is 31.3 Å². The standard InChI is InChI=1S/C19H26N4O4/c24-17(21-9-5-18(25)26)6-10-22-11-12-23(19(22)27)16-2-1-14-3-7-20-8-4-15(14)13-16/h1-2,13,20H,3-12H2,(H,21,24)(H,25,26). The Balaban J connectivity index is 1.53. The molecule has 0 bridgehead atoms. The Bertz CT molecular complexity index is 722. The van der Waals surface area contributed by atoms with Gasteiger partial charge >= 0.3 is 12.0 Å². The minimum Gasteiger partial charge on any atom is -0.481 e. The van der Waals surface area contributed by atoms with Crippen molar-refractivity contribution in [3.63, 3.8) is 0 Å². The maximum absolute atomic E-state index is 12.7. The van der Waals surface area contributed by atoms with Crippen LogP contribution in [-0.4, -0.2) is 67.2 Å². The molecule has 27 heavy (non-hydrogen) atoms. The Labute approximate surface area is 158 Å². The van der Waals surface area contributed by atoms with Crippen LogP contribution in [0.15, 0.2) is 18.2 Å². The number of urea groups is 1. The molecular formula is C19H26N4O4. The highest BCUT2D eigenvalue weighted by molar-refractivity contribution is 5.94. The van der Waals surface area contributed by atoms with Crippen molar-refractivity contribution in [1.82, 2.24) is 15.5 Å². The molecule has 1 aromatic rings. The van der Waals surface area contributed by atoms with Gasteiger partial charge in [0.25, 0.3) is 0 Å². The van der Waals surface area contributed by atoms with E-state index in [2.05, 4.69) is 22.8 Å². The zero-order valence-electron chi connectivity index (χ0n) is 15.4. The van der Waals surface area contributed by atoms with Gasteiger partial charge in [-0.25, -0.2) is 4.79 Å². The molecule has 2 aliphatic rings. The Morgan fingerprint density at radius 1 is 1.11 bits per heavy atom. The zero-order valence-corrected chi connectivity index (χ0v) is 15.4. The Morgan fingerprint density at radius 3 is 2.67 bits per heavy atom. The molecular weight excluding hydrogens is 348 g/mol. The third kappa shape index (κ3) is 4.97. The van der Waals surface area contributed by atoms with Gasteiger partial charge in [-0.3, -0.25) is 14.5 Å². The Hall–Kier alpha value is -2.61. The summed E-state index contributed by atoms with van der Waals surface area (Å²) in [6, 6.07) is 6.15. The molecule has 3 rings (SSSR count). The lowest BCUT2D eigenvalue weighted by Gasteiger charge is -2.20. The average Bonchev–Trinajstić information content (AvgIpc) is 2.85. The lowest BCUT2D eigenvalue weighted by molar-refractivity contribution is -0.136. The maximum Gasteiger partial charge on any atom is 0.324 e. The quantitative estimate of drug-likeness (QED) is 0.649. The van der Waals surface area contributed by atoms with E-state index in [1.807, 2.05) is 6.07 Å². The number of carboxylic acid groups (broad SMARTS) is 1. The maximum atomic E-state index is 12.7. The summed E-state index contributed by atoms with van der Waals surface area (Å²) in [6.07, 6.45) is 2.04. The molecule has 0 spiro atoms. The molecule has 3 amide bonds. The average molecular weight is 374 g/mol. The highest BCUT2D eigenvalue weighted by Gasteiger charge is 2.30. The topological polar surface area (TPSA) is 102 Å². The van der Waals surface area contributed by atoms with E-state index in [1.54, 1.807) is 9.80 Å². The van der Waals surface area contributed by atoms with E-state index < -0.39 is 5.97 Å². The minimum absolute atomic E-state index is 0.0833. The van der Waals surface area contributed by atoms with Gasteiger partial charge in [0.05, 0.1) is 6.42 Å². The van der Waals surface area contributed by atoms with Gasteiger partial charge in [0.2, 0.25) is 5.91 Å². The van der Waals surface area contributed by atoms with Crippen LogP contribution >= 0.6 is 0 Å². The molecule has 0 unspecified atom stereocenters. The number of nitrogens with zero attached hydrogens (tertiary/aromatic N) is 2. The fourth-order valence-corrected chi connectivity index (χ4v) is 3.49. The summed E-state index contributed by atoms with van der Waals surface area (Å²) < 4.78 is 0. The number of carboxylic acids is 1. The van der Waals surface area contributed by atoms with Crippen molar-refractivity contribution in [1.29, 1.82) is 0 Å². The number of hydrogen-bond acceptors (Lipinski definition) is 4. The Morgan fingerprint density at radius 2 is 1.89 bits per heavy atom. The molecule has 0 atom stereocenters. The summed E-state index contributed by atoms with van der Waals surface area (Å²) in [5.41, 5.74) is 3.54. The number of anilines is 1. The first-order valence-corrected chi connectivity index (χ1v) is 9.42. The van der Waals surface area contributed by atoms with E-state index in [0.717, 1.165) is 31.6 Å².